The highest BCUT2D eigenvalue weighted by Gasteiger charge is 2.24. The Bertz CT molecular complexity index is 1550. The minimum absolute atomic E-state index is 0.0298. The average Bonchev–Trinajstić information content (AvgIpc) is 2.95. The summed E-state index contributed by atoms with van der Waals surface area (Å²) in [4.78, 5) is 39.2. The standard InChI is InChI=1S/C29H29N5O4/c1-2-21-9-7-8-16-32(21)25-15-14-22(34(37)38)17-20(25)18-30-31-28(35)19-33-26-12-5-3-10-23(26)29(36)24-11-4-6-13-27(24)33/h3-6,10-15,17-18,21H,2,7-9,16,19H2,1H3,(H,31,35)/b30-18-/t21-/m0/s1. The first-order valence-electron chi connectivity index (χ1n) is 12.8. The van der Waals surface area contributed by atoms with Crippen LogP contribution < -0.4 is 15.8 Å². The number of nitrogens with one attached hydrogen (secondary N) is 1. The van der Waals surface area contributed by atoms with E-state index in [9.17, 15) is 19.7 Å². The number of nitro groups is 1. The molecule has 0 radical (unpaired) electrons. The third kappa shape index (κ3) is 4.87. The number of carbonyl (C=O) groups excluding carboxylic acids is 1. The number of aromatic nitrogens is 1. The van der Waals surface area contributed by atoms with Gasteiger partial charge in [-0.15, -0.1) is 0 Å². The number of piperidine rings is 1. The first kappa shape index (κ1) is 25.1. The van der Waals surface area contributed by atoms with Gasteiger partial charge in [0, 0.05) is 46.7 Å². The van der Waals surface area contributed by atoms with E-state index in [1.54, 1.807) is 34.9 Å². The SMILES string of the molecule is CC[C@H]1CCCCN1c1ccc([N+](=O)[O-])cc1/C=N\NC(=O)Cn1c2ccccc2c(=O)c2ccccc21. The van der Waals surface area contributed by atoms with Crippen molar-refractivity contribution in [1.29, 1.82) is 0 Å². The van der Waals surface area contributed by atoms with Gasteiger partial charge in [0.2, 0.25) is 0 Å². The van der Waals surface area contributed by atoms with Gasteiger partial charge in [0.05, 0.1) is 22.2 Å². The first-order valence-corrected chi connectivity index (χ1v) is 12.8. The molecule has 9 heteroatoms. The Balaban J connectivity index is 1.43. The van der Waals surface area contributed by atoms with Crippen LogP contribution in [0.15, 0.2) is 76.6 Å². The summed E-state index contributed by atoms with van der Waals surface area (Å²) in [5, 5.41) is 16.7. The van der Waals surface area contributed by atoms with E-state index in [-0.39, 0.29) is 23.6 Å². The molecule has 9 nitrogen and oxygen atoms in total. The zero-order chi connectivity index (χ0) is 26.6. The third-order valence-electron chi connectivity index (χ3n) is 7.20. The van der Waals surface area contributed by atoms with Crippen molar-refractivity contribution in [3.05, 3.63) is 92.6 Å². The van der Waals surface area contributed by atoms with Crippen LogP contribution in [0.25, 0.3) is 21.8 Å². The Kier molecular flexibility index (Phi) is 7.17. The maximum Gasteiger partial charge on any atom is 0.270 e. The van der Waals surface area contributed by atoms with Crippen molar-refractivity contribution in [2.24, 2.45) is 5.10 Å². The molecule has 2 heterocycles. The quantitative estimate of drug-likeness (QED) is 0.163. The molecule has 0 unspecified atom stereocenters. The molecule has 0 spiro atoms. The van der Waals surface area contributed by atoms with E-state index in [2.05, 4.69) is 22.4 Å². The highest BCUT2D eigenvalue weighted by Crippen LogP contribution is 2.31. The number of hydrogen-bond acceptors (Lipinski definition) is 6. The van der Waals surface area contributed by atoms with E-state index in [0.29, 0.717) is 33.4 Å². The maximum absolute atomic E-state index is 13.0. The number of anilines is 1. The Morgan fingerprint density at radius 1 is 1.08 bits per heavy atom. The van der Waals surface area contributed by atoms with Gasteiger partial charge in [-0.25, -0.2) is 5.43 Å². The van der Waals surface area contributed by atoms with Crippen molar-refractivity contribution in [3.63, 3.8) is 0 Å². The van der Waals surface area contributed by atoms with Gasteiger partial charge in [-0.1, -0.05) is 31.2 Å². The lowest BCUT2D eigenvalue weighted by Gasteiger charge is -2.38. The van der Waals surface area contributed by atoms with E-state index in [4.69, 9.17) is 0 Å². The molecule has 1 aliphatic rings. The minimum atomic E-state index is -0.431. The van der Waals surface area contributed by atoms with Gasteiger partial charge in [0.15, 0.2) is 5.43 Å². The molecule has 1 atom stereocenters. The maximum atomic E-state index is 13.0. The predicted molar refractivity (Wildman–Crippen MR) is 150 cm³/mol. The zero-order valence-corrected chi connectivity index (χ0v) is 21.2. The molecule has 0 saturated carbocycles. The summed E-state index contributed by atoms with van der Waals surface area (Å²) in [5.74, 6) is -0.378. The van der Waals surface area contributed by atoms with Gasteiger partial charge in [-0.3, -0.25) is 19.7 Å². The fraction of sp³-hybridized carbons (Fsp3) is 0.276. The molecule has 0 aliphatic carbocycles. The van der Waals surface area contributed by atoms with Crippen molar-refractivity contribution in [1.82, 2.24) is 9.99 Å². The number of pyridine rings is 1. The molecule has 1 saturated heterocycles. The van der Waals surface area contributed by atoms with Crippen LogP contribution in [-0.4, -0.2) is 34.2 Å². The summed E-state index contributed by atoms with van der Waals surface area (Å²) in [6.45, 7) is 2.97. The topological polar surface area (TPSA) is 110 Å². The number of fused-ring (bicyclic) bond motifs is 2. The third-order valence-corrected chi connectivity index (χ3v) is 7.20. The summed E-state index contributed by atoms with van der Waals surface area (Å²) in [6, 6.07) is 19.5. The minimum Gasteiger partial charge on any atom is -0.368 e. The van der Waals surface area contributed by atoms with Crippen molar-refractivity contribution < 1.29 is 9.72 Å². The molecule has 38 heavy (non-hydrogen) atoms. The normalized spacial score (nSPS) is 15.8. The number of hydrogen-bond donors (Lipinski definition) is 1. The second-order valence-electron chi connectivity index (χ2n) is 9.49. The predicted octanol–water partition coefficient (Wildman–Crippen LogP) is 4.98. The monoisotopic (exact) mass is 511 g/mol. The van der Waals surface area contributed by atoms with Crippen LogP contribution in [0.1, 0.15) is 38.2 Å². The smallest absolute Gasteiger partial charge is 0.270 e. The number of benzene rings is 3. The highest BCUT2D eigenvalue weighted by molar-refractivity contribution is 5.95. The molecule has 4 aromatic rings. The van der Waals surface area contributed by atoms with E-state index >= 15 is 0 Å². The lowest BCUT2D eigenvalue weighted by molar-refractivity contribution is -0.384. The molecule has 1 N–H and O–H groups in total. The second-order valence-corrected chi connectivity index (χ2v) is 9.49. The van der Waals surface area contributed by atoms with E-state index in [0.717, 1.165) is 37.9 Å². The largest absolute Gasteiger partial charge is 0.368 e. The van der Waals surface area contributed by atoms with Crippen molar-refractivity contribution >= 4 is 45.3 Å². The van der Waals surface area contributed by atoms with Gasteiger partial charge < -0.3 is 9.47 Å². The van der Waals surface area contributed by atoms with Gasteiger partial charge in [0.25, 0.3) is 11.6 Å². The van der Waals surface area contributed by atoms with Crippen LogP contribution in [0.2, 0.25) is 0 Å². The lowest BCUT2D eigenvalue weighted by Crippen LogP contribution is -2.39. The molecule has 5 rings (SSSR count). The number of rotatable bonds is 7. The highest BCUT2D eigenvalue weighted by atomic mass is 16.6. The summed E-state index contributed by atoms with van der Waals surface area (Å²) in [5.41, 5.74) is 5.24. The Morgan fingerprint density at radius 3 is 2.42 bits per heavy atom. The van der Waals surface area contributed by atoms with Gasteiger partial charge in [0.1, 0.15) is 6.54 Å². The number of carbonyl (C=O) groups is 1. The fourth-order valence-corrected chi connectivity index (χ4v) is 5.36. The number of nitrogens with zero attached hydrogens (tertiary/aromatic N) is 4. The number of non-ortho nitro benzene ring substituents is 1. The fourth-order valence-electron chi connectivity index (χ4n) is 5.36. The van der Waals surface area contributed by atoms with Crippen LogP contribution >= 0.6 is 0 Å². The summed E-state index contributed by atoms with van der Waals surface area (Å²) in [7, 11) is 0. The van der Waals surface area contributed by atoms with E-state index < -0.39 is 4.92 Å². The zero-order valence-electron chi connectivity index (χ0n) is 21.2. The van der Waals surface area contributed by atoms with E-state index in [1.807, 2.05) is 24.3 Å². The number of para-hydroxylation sites is 2. The lowest BCUT2D eigenvalue weighted by atomic mass is 9.98. The van der Waals surface area contributed by atoms with Crippen molar-refractivity contribution in [2.45, 2.75) is 45.2 Å². The Morgan fingerprint density at radius 2 is 1.76 bits per heavy atom. The van der Waals surface area contributed by atoms with Crippen LogP contribution in [0.5, 0.6) is 0 Å². The summed E-state index contributed by atoms with van der Waals surface area (Å²) < 4.78 is 1.80. The Hall–Kier alpha value is -4.53. The van der Waals surface area contributed by atoms with Crippen molar-refractivity contribution in [2.75, 3.05) is 11.4 Å². The number of amides is 1. The van der Waals surface area contributed by atoms with Crippen molar-refractivity contribution in [3.8, 4) is 0 Å². The molecular formula is C29H29N5O4. The molecule has 1 fully saturated rings. The summed E-state index contributed by atoms with van der Waals surface area (Å²) >= 11 is 0. The van der Waals surface area contributed by atoms with Crippen LogP contribution in [0.3, 0.4) is 0 Å². The molecular weight excluding hydrogens is 482 g/mol. The molecule has 3 aromatic carbocycles. The number of hydrazone groups is 1. The van der Waals surface area contributed by atoms with Gasteiger partial charge in [-0.05, 0) is 56.0 Å². The molecule has 0 bridgehead atoms. The molecule has 1 aromatic heterocycles. The van der Waals surface area contributed by atoms with Crippen LogP contribution in [0, 0.1) is 10.1 Å². The van der Waals surface area contributed by atoms with Crippen LogP contribution in [0.4, 0.5) is 11.4 Å². The van der Waals surface area contributed by atoms with E-state index in [1.165, 1.54) is 18.3 Å². The average molecular weight is 512 g/mol. The van der Waals surface area contributed by atoms with Crippen LogP contribution in [-0.2, 0) is 11.3 Å². The second kappa shape index (κ2) is 10.8. The molecule has 1 aliphatic heterocycles. The molecule has 1 amide bonds. The Labute approximate surface area is 219 Å². The van der Waals surface area contributed by atoms with Gasteiger partial charge in [-0.2, -0.15) is 5.10 Å². The summed E-state index contributed by atoms with van der Waals surface area (Å²) in [6.07, 6.45) is 5.74. The first-order chi connectivity index (χ1) is 18.5. The van der Waals surface area contributed by atoms with Gasteiger partial charge >= 0.3 is 0 Å². The molecule has 194 valence electrons. The number of nitro benzene ring substituents is 1.